The number of nitrogens with one attached hydrogen (secondary N) is 1. The molecule has 8 nitrogen and oxygen atoms in total. The van der Waals surface area contributed by atoms with Gasteiger partial charge < -0.3 is 29.5 Å². The van der Waals surface area contributed by atoms with Crippen molar-refractivity contribution in [3.05, 3.63) is 76.1 Å². The molecule has 3 aromatic rings. The summed E-state index contributed by atoms with van der Waals surface area (Å²) in [7, 11) is 4.08. The lowest BCUT2D eigenvalue weighted by atomic mass is 9.82. The second-order valence-corrected chi connectivity index (χ2v) is 15.0. The van der Waals surface area contributed by atoms with Crippen LogP contribution in [0.4, 0.5) is 5.69 Å². The molecular weight excluding hydrogens is 626 g/mol. The summed E-state index contributed by atoms with van der Waals surface area (Å²) in [5.41, 5.74) is 4.34. The number of fused-ring (bicyclic) bond motifs is 3. The van der Waals surface area contributed by atoms with Gasteiger partial charge in [-0.25, -0.2) is 4.79 Å². The number of hydrogen-bond acceptors (Lipinski definition) is 7. The maximum Gasteiger partial charge on any atom is 0.329 e. The highest BCUT2D eigenvalue weighted by molar-refractivity contribution is 6.30. The van der Waals surface area contributed by atoms with E-state index in [1.54, 1.807) is 12.1 Å². The summed E-state index contributed by atoms with van der Waals surface area (Å²) in [4.78, 5) is 19.9. The zero-order chi connectivity index (χ0) is 33.8. The van der Waals surface area contributed by atoms with E-state index in [0.717, 1.165) is 67.9 Å². The summed E-state index contributed by atoms with van der Waals surface area (Å²) in [6.45, 7) is 5.98. The van der Waals surface area contributed by atoms with E-state index in [1.165, 1.54) is 23.2 Å². The monoisotopic (exact) mass is 675 g/mol. The average molecular weight is 676 g/mol. The summed E-state index contributed by atoms with van der Waals surface area (Å²) >= 11 is 6.31. The molecule has 2 heterocycles. The largest absolute Gasteiger partial charge is 0.493 e. The minimum atomic E-state index is -1.15. The Morgan fingerprint density at radius 3 is 2.67 bits per heavy atom. The van der Waals surface area contributed by atoms with Gasteiger partial charge >= 0.3 is 5.97 Å². The van der Waals surface area contributed by atoms with E-state index >= 15 is 0 Å². The van der Waals surface area contributed by atoms with Gasteiger partial charge in [-0.05, 0) is 137 Å². The third kappa shape index (κ3) is 8.03. The van der Waals surface area contributed by atoms with Gasteiger partial charge in [-0.15, -0.1) is 0 Å². The number of benzene rings is 2. The van der Waals surface area contributed by atoms with Crippen molar-refractivity contribution in [2.24, 2.45) is 11.8 Å². The lowest BCUT2D eigenvalue weighted by molar-refractivity contribution is -0.143. The van der Waals surface area contributed by atoms with E-state index in [0.29, 0.717) is 42.5 Å². The molecule has 1 unspecified atom stereocenters. The van der Waals surface area contributed by atoms with E-state index in [-0.39, 0.29) is 18.1 Å². The fourth-order valence-electron chi connectivity index (χ4n) is 7.75. The maximum absolute atomic E-state index is 13.2. The summed E-state index contributed by atoms with van der Waals surface area (Å²) < 4.78 is 19.0. The van der Waals surface area contributed by atoms with Crippen LogP contribution in [0, 0.1) is 11.8 Å². The first-order valence-corrected chi connectivity index (χ1v) is 18.0. The van der Waals surface area contributed by atoms with Crippen LogP contribution in [-0.2, 0) is 24.1 Å². The van der Waals surface area contributed by atoms with Crippen LogP contribution in [-0.4, -0.2) is 60.0 Å². The molecule has 0 amide bonds. The third-order valence-corrected chi connectivity index (χ3v) is 10.6. The van der Waals surface area contributed by atoms with Crippen LogP contribution in [0.2, 0.25) is 5.02 Å². The van der Waals surface area contributed by atoms with Crippen LogP contribution in [0.5, 0.6) is 17.2 Å². The number of ether oxygens (including phenoxy) is 3. The molecule has 2 aliphatic carbocycles. The number of aliphatic carboxylic acids is 1. The number of rotatable bonds is 11. The van der Waals surface area contributed by atoms with E-state index in [9.17, 15) is 9.90 Å². The van der Waals surface area contributed by atoms with E-state index in [2.05, 4.69) is 41.2 Å². The highest BCUT2D eigenvalue weighted by Crippen LogP contribution is 2.42. The Hall–Kier alpha value is -3.49. The van der Waals surface area contributed by atoms with Gasteiger partial charge in [0.25, 0.3) is 0 Å². The SMILES string of the molecule is C[C@@H](COc1ccnc2c1[C@H](C)CCC2)C[C@@H]1CC[C@@](Nc2cccc(Cl)c2)(C(=O)O)CCc2cc3c(cc2C1)OC(CCN(C)C)O3. The van der Waals surface area contributed by atoms with Gasteiger partial charge in [-0.1, -0.05) is 31.5 Å². The third-order valence-electron chi connectivity index (χ3n) is 10.4. The molecule has 0 fully saturated rings. The van der Waals surface area contributed by atoms with Gasteiger partial charge in [-0.2, -0.15) is 0 Å². The van der Waals surface area contributed by atoms with Crippen molar-refractivity contribution in [3.8, 4) is 17.2 Å². The van der Waals surface area contributed by atoms with Crippen molar-refractivity contribution < 1.29 is 24.1 Å². The van der Waals surface area contributed by atoms with Crippen LogP contribution >= 0.6 is 11.6 Å². The summed E-state index contributed by atoms with van der Waals surface area (Å²) in [5.74, 6) is 2.61. The molecule has 1 aromatic heterocycles. The normalized spacial score (nSPS) is 24.1. The van der Waals surface area contributed by atoms with Crippen LogP contribution in [0.1, 0.15) is 87.1 Å². The second kappa shape index (κ2) is 15.0. The predicted molar refractivity (Wildman–Crippen MR) is 190 cm³/mol. The Labute approximate surface area is 290 Å². The molecule has 6 rings (SSSR count). The number of aromatic nitrogens is 1. The number of hydrogen-bond donors (Lipinski definition) is 2. The van der Waals surface area contributed by atoms with E-state index < -0.39 is 11.5 Å². The van der Waals surface area contributed by atoms with Gasteiger partial charge in [0.2, 0.25) is 6.29 Å². The molecule has 0 radical (unpaired) electrons. The van der Waals surface area contributed by atoms with Crippen LogP contribution in [0.15, 0.2) is 48.7 Å². The minimum absolute atomic E-state index is 0.246. The number of aryl methyl sites for hydroxylation is 2. The molecular formula is C39H50ClN3O5. The first kappa shape index (κ1) is 34.4. The molecule has 5 atom stereocenters. The van der Waals surface area contributed by atoms with Gasteiger partial charge in [0.05, 0.1) is 6.61 Å². The van der Waals surface area contributed by atoms with Gasteiger partial charge in [0.15, 0.2) is 11.5 Å². The molecule has 48 heavy (non-hydrogen) atoms. The first-order chi connectivity index (χ1) is 23.1. The second-order valence-electron chi connectivity index (χ2n) is 14.6. The molecule has 2 N–H and O–H groups in total. The molecule has 1 aliphatic heterocycles. The number of nitrogens with zero attached hydrogens (tertiary/aromatic N) is 2. The lowest BCUT2D eigenvalue weighted by Crippen LogP contribution is -2.47. The average Bonchev–Trinajstić information content (AvgIpc) is 3.47. The highest BCUT2D eigenvalue weighted by atomic mass is 35.5. The summed E-state index contributed by atoms with van der Waals surface area (Å²) in [5, 5.41) is 14.8. The van der Waals surface area contributed by atoms with E-state index in [1.807, 2.05) is 38.5 Å². The molecule has 2 aromatic carbocycles. The Kier molecular flexibility index (Phi) is 10.7. The molecule has 0 saturated carbocycles. The summed E-state index contributed by atoms with van der Waals surface area (Å²) in [6.07, 6.45) is 9.70. The first-order valence-electron chi connectivity index (χ1n) is 17.6. The van der Waals surface area contributed by atoms with Gasteiger partial charge in [0.1, 0.15) is 11.3 Å². The quantitative estimate of drug-likeness (QED) is 0.210. The van der Waals surface area contributed by atoms with Crippen molar-refractivity contribution >= 4 is 23.3 Å². The number of carbonyl (C=O) groups is 1. The highest BCUT2D eigenvalue weighted by Gasteiger charge is 2.40. The van der Waals surface area contributed by atoms with Crippen LogP contribution < -0.4 is 19.5 Å². The Balaban J connectivity index is 1.24. The molecule has 0 spiro atoms. The molecule has 0 saturated heterocycles. The van der Waals surface area contributed by atoms with Gasteiger partial charge in [-0.3, -0.25) is 4.98 Å². The Morgan fingerprint density at radius 1 is 1.12 bits per heavy atom. The number of carboxylic acid groups (broad SMARTS) is 1. The van der Waals surface area contributed by atoms with Crippen molar-refractivity contribution in [2.45, 2.75) is 95.8 Å². The smallest absolute Gasteiger partial charge is 0.329 e. The van der Waals surface area contributed by atoms with Crippen molar-refractivity contribution in [2.75, 3.05) is 32.6 Å². The number of pyridine rings is 1. The zero-order valence-electron chi connectivity index (χ0n) is 28.8. The van der Waals surface area contributed by atoms with E-state index in [4.69, 9.17) is 25.8 Å². The van der Waals surface area contributed by atoms with Crippen molar-refractivity contribution in [3.63, 3.8) is 0 Å². The fraction of sp³-hybridized carbons (Fsp3) is 0.538. The van der Waals surface area contributed by atoms with Crippen LogP contribution in [0.25, 0.3) is 0 Å². The zero-order valence-corrected chi connectivity index (χ0v) is 29.5. The van der Waals surface area contributed by atoms with Crippen molar-refractivity contribution in [1.29, 1.82) is 0 Å². The van der Waals surface area contributed by atoms with Crippen molar-refractivity contribution in [1.82, 2.24) is 9.88 Å². The topological polar surface area (TPSA) is 93.2 Å². The molecule has 9 heteroatoms. The molecule has 3 aliphatic rings. The van der Waals surface area contributed by atoms with Gasteiger partial charge in [0, 0.05) is 41.1 Å². The fourth-order valence-corrected chi connectivity index (χ4v) is 7.94. The molecule has 0 bridgehead atoms. The number of carboxylic acids is 1. The minimum Gasteiger partial charge on any atom is -0.493 e. The Morgan fingerprint density at radius 2 is 1.92 bits per heavy atom. The lowest BCUT2D eigenvalue weighted by Gasteiger charge is -2.33. The predicted octanol–water partition coefficient (Wildman–Crippen LogP) is 8.15. The number of anilines is 1. The number of halogens is 1. The summed E-state index contributed by atoms with van der Waals surface area (Å²) in [6, 6.07) is 13.6. The maximum atomic E-state index is 13.2. The Bertz CT molecular complexity index is 1600. The van der Waals surface area contributed by atoms with Crippen LogP contribution in [0.3, 0.4) is 0 Å². The standard InChI is InChI=1S/C39H50ClN3O5/c1-25(24-46-33-13-17-41-32-10-5-7-26(2)37(32)33)19-27-11-15-39(38(44)45,42-31-9-6-8-30(40)23-31)16-12-28-21-34-35(22-29(28)20-27)48-36(47-34)14-18-43(3)4/h6,8-9,13,17,21-23,25-27,36,42H,5,7,10-12,14-16,18-20,24H2,1-4H3,(H,44,45)/t25-,26-,27+,36?,39+/m1/s1. The molecule has 258 valence electrons.